The third-order valence-corrected chi connectivity index (χ3v) is 3.77. The first kappa shape index (κ1) is 14.8. The Kier molecular flexibility index (Phi) is 4.23. The molecule has 102 valence electrons. The van der Waals surface area contributed by atoms with E-state index in [0.717, 1.165) is 6.92 Å². The lowest BCUT2D eigenvalue weighted by Gasteiger charge is -2.16. The normalized spacial score (nSPS) is 14.4. The number of benzene rings is 1. The summed E-state index contributed by atoms with van der Waals surface area (Å²) in [6.07, 6.45) is -5.66. The zero-order chi connectivity index (χ0) is 14.0. The molecular formula is C10H13F3N2O2S. The van der Waals surface area contributed by atoms with E-state index in [2.05, 4.69) is 0 Å². The van der Waals surface area contributed by atoms with Gasteiger partial charge in [-0.25, -0.2) is 13.1 Å². The third-order valence-electron chi connectivity index (χ3n) is 2.10. The van der Waals surface area contributed by atoms with Gasteiger partial charge in [0.05, 0.1) is 12.1 Å². The highest BCUT2D eigenvalue weighted by molar-refractivity contribution is 7.89. The summed E-state index contributed by atoms with van der Waals surface area (Å²) in [5, 5.41) is 0. The predicted molar refractivity (Wildman–Crippen MR) is 61.3 cm³/mol. The van der Waals surface area contributed by atoms with Gasteiger partial charge in [-0.1, -0.05) is 12.1 Å². The zero-order valence-electron chi connectivity index (χ0n) is 9.53. The van der Waals surface area contributed by atoms with Crippen LogP contribution in [-0.2, 0) is 10.0 Å². The number of rotatable bonds is 4. The quantitative estimate of drug-likeness (QED) is 0.828. The minimum absolute atomic E-state index is 0.00999. The minimum atomic E-state index is -4.43. The Hall–Kier alpha value is -1.28. The second-order valence-corrected chi connectivity index (χ2v) is 5.56. The molecule has 1 unspecified atom stereocenters. The summed E-state index contributed by atoms with van der Waals surface area (Å²) in [6.45, 7) is 1.14. The molecule has 0 amide bonds. The lowest BCUT2D eigenvalue weighted by Crippen LogP contribution is -2.36. The first-order valence-electron chi connectivity index (χ1n) is 5.05. The number of nitrogens with one attached hydrogen (secondary N) is 1. The van der Waals surface area contributed by atoms with E-state index in [0.29, 0.717) is 0 Å². The van der Waals surface area contributed by atoms with Crippen LogP contribution in [0.1, 0.15) is 13.3 Å². The topological polar surface area (TPSA) is 72.2 Å². The Bertz CT molecular complexity index is 514. The molecular weight excluding hydrogens is 269 g/mol. The van der Waals surface area contributed by atoms with Crippen LogP contribution in [0, 0.1) is 0 Å². The fourth-order valence-corrected chi connectivity index (χ4v) is 2.82. The Labute approximate surface area is 103 Å². The summed E-state index contributed by atoms with van der Waals surface area (Å²) >= 11 is 0. The third kappa shape index (κ3) is 4.19. The van der Waals surface area contributed by atoms with Crippen molar-refractivity contribution < 1.29 is 21.6 Å². The lowest BCUT2D eigenvalue weighted by atomic mass is 10.2. The molecule has 18 heavy (non-hydrogen) atoms. The van der Waals surface area contributed by atoms with Crippen LogP contribution in [0.25, 0.3) is 0 Å². The van der Waals surface area contributed by atoms with Gasteiger partial charge < -0.3 is 5.73 Å². The van der Waals surface area contributed by atoms with Crippen molar-refractivity contribution >= 4 is 15.7 Å². The van der Waals surface area contributed by atoms with Crippen LogP contribution in [0.2, 0.25) is 0 Å². The maximum Gasteiger partial charge on any atom is 0.390 e. The smallest absolute Gasteiger partial charge is 0.390 e. The summed E-state index contributed by atoms with van der Waals surface area (Å²) in [4.78, 5) is -0.223. The molecule has 0 saturated heterocycles. The molecule has 0 aliphatic rings. The second-order valence-electron chi connectivity index (χ2n) is 3.88. The lowest BCUT2D eigenvalue weighted by molar-refractivity contribution is -0.137. The summed E-state index contributed by atoms with van der Waals surface area (Å²) in [5.41, 5.74) is 5.46. The van der Waals surface area contributed by atoms with E-state index in [1.54, 1.807) is 0 Å². The van der Waals surface area contributed by atoms with Gasteiger partial charge in [0.25, 0.3) is 0 Å². The number of anilines is 1. The van der Waals surface area contributed by atoms with E-state index in [9.17, 15) is 21.6 Å². The Morgan fingerprint density at radius 1 is 1.33 bits per heavy atom. The zero-order valence-corrected chi connectivity index (χ0v) is 10.3. The molecule has 8 heteroatoms. The molecule has 0 bridgehead atoms. The number of para-hydroxylation sites is 1. The van der Waals surface area contributed by atoms with Crippen LogP contribution in [0.4, 0.5) is 18.9 Å². The van der Waals surface area contributed by atoms with Crippen molar-refractivity contribution in [3.05, 3.63) is 24.3 Å². The van der Waals surface area contributed by atoms with Crippen LogP contribution in [-0.4, -0.2) is 20.6 Å². The number of nitrogens with two attached hydrogens (primary N) is 1. The molecule has 0 aliphatic heterocycles. The summed E-state index contributed by atoms with van der Waals surface area (Å²) in [5.74, 6) is 0. The van der Waals surface area contributed by atoms with Crippen LogP contribution in [0.5, 0.6) is 0 Å². The van der Waals surface area contributed by atoms with E-state index >= 15 is 0 Å². The molecule has 0 radical (unpaired) electrons. The van der Waals surface area contributed by atoms with Crippen molar-refractivity contribution in [3.8, 4) is 0 Å². The van der Waals surface area contributed by atoms with Gasteiger partial charge in [-0.05, 0) is 19.1 Å². The first-order chi connectivity index (χ1) is 8.12. The average Bonchev–Trinajstić information content (AvgIpc) is 2.13. The van der Waals surface area contributed by atoms with Crippen molar-refractivity contribution in [2.45, 2.75) is 30.5 Å². The largest absolute Gasteiger partial charge is 0.398 e. The van der Waals surface area contributed by atoms with Crippen LogP contribution < -0.4 is 10.5 Å². The van der Waals surface area contributed by atoms with Gasteiger partial charge >= 0.3 is 6.18 Å². The SMILES string of the molecule is CC(CC(F)(F)F)NS(=O)(=O)c1ccccc1N. The molecule has 0 aliphatic carbocycles. The number of alkyl halides is 3. The van der Waals surface area contributed by atoms with Crippen molar-refractivity contribution in [2.75, 3.05) is 5.73 Å². The molecule has 3 N–H and O–H groups in total. The highest BCUT2D eigenvalue weighted by Gasteiger charge is 2.32. The number of sulfonamides is 1. The van der Waals surface area contributed by atoms with Crippen LogP contribution >= 0.6 is 0 Å². The Balaban J connectivity index is 2.87. The summed E-state index contributed by atoms with van der Waals surface area (Å²) < 4.78 is 61.8. The molecule has 0 saturated carbocycles. The van der Waals surface area contributed by atoms with Gasteiger partial charge in [-0.3, -0.25) is 0 Å². The highest BCUT2D eigenvalue weighted by atomic mass is 32.2. The summed E-state index contributed by atoms with van der Waals surface area (Å²) in [6, 6.07) is 4.32. The average molecular weight is 282 g/mol. The number of hydrogen-bond acceptors (Lipinski definition) is 3. The van der Waals surface area contributed by atoms with E-state index in [1.165, 1.54) is 24.3 Å². The monoisotopic (exact) mass is 282 g/mol. The van der Waals surface area contributed by atoms with E-state index < -0.39 is 28.7 Å². The molecule has 4 nitrogen and oxygen atoms in total. The molecule has 1 aromatic rings. The number of nitrogen functional groups attached to an aromatic ring is 1. The molecule has 1 rings (SSSR count). The van der Waals surface area contributed by atoms with Gasteiger partial charge in [0.2, 0.25) is 10.0 Å². The van der Waals surface area contributed by atoms with Gasteiger partial charge in [0, 0.05) is 6.04 Å². The number of halogens is 3. The van der Waals surface area contributed by atoms with E-state index in [1.807, 2.05) is 4.72 Å². The fourth-order valence-electron chi connectivity index (χ4n) is 1.44. The molecule has 0 heterocycles. The van der Waals surface area contributed by atoms with Crippen molar-refractivity contribution in [3.63, 3.8) is 0 Å². The van der Waals surface area contributed by atoms with Crippen LogP contribution in [0.15, 0.2) is 29.2 Å². The number of hydrogen-bond donors (Lipinski definition) is 2. The molecule has 0 spiro atoms. The van der Waals surface area contributed by atoms with Gasteiger partial charge in [0.15, 0.2) is 0 Å². The second kappa shape index (κ2) is 5.15. The van der Waals surface area contributed by atoms with E-state index in [-0.39, 0.29) is 10.6 Å². The molecule has 1 atom stereocenters. The maximum atomic E-state index is 12.1. The summed E-state index contributed by atoms with van der Waals surface area (Å²) in [7, 11) is -4.04. The molecule has 1 aromatic carbocycles. The van der Waals surface area contributed by atoms with Gasteiger partial charge in [-0.2, -0.15) is 13.2 Å². The van der Waals surface area contributed by atoms with Crippen molar-refractivity contribution in [1.82, 2.24) is 4.72 Å². The highest BCUT2D eigenvalue weighted by Crippen LogP contribution is 2.23. The van der Waals surface area contributed by atoms with Crippen molar-refractivity contribution in [2.24, 2.45) is 0 Å². The molecule has 0 fully saturated rings. The van der Waals surface area contributed by atoms with E-state index in [4.69, 9.17) is 5.73 Å². The van der Waals surface area contributed by atoms with Crippen LogP contribution in [0.3, 0.4) is 0 Å². The van der Waals surface area contributed by atoms with Gasteiger partial charge in [0.1, 0.15) is 4.90 Å². The fraction of sp³-hybridized carbons (Fsp3) is 0.400. The van der Waals surface area contributed by atoms with Crippen molar-refractivity contribution in [1.29, 1.82) is 0 Å². The Morgan fingerprint density at radius 2 is 1.89 bits per heavy atom. The predicted octanol–water partition coefficient (Wildman–Crippen LogP) is 1.89. The maximum absolute atomic E-state index is 12.1. The standard InChI is InChI=1S/C10H13F3N2O2S/c1-7(6-10(11,12)13)15-18(16,17)9-5-3-2-4-8(9)14/h2-5,7,15H,6,14H2,1H3. The van der Waals surface area contributed by atoms with Gasteiger partial charge in [-0.15, -0.1) is 0 Å². The molecule has 0 aromatic heterocycles. The first-order valence-corrected chi connectivity index (χ1v) is 6.54. The minimum Gasteiger partial charge on any atom is -0.398 e. The Morgan fingerprint density at radius 3 is 2.39 bits per heavy atom.